The van der Waals surface area contributed by atoms with Crippen LogP contribution in [0.1, 0.15) is 57.2 Å². The van der Waals surface area contributed by atoms with Crippen molar-refractivity contribution in [3.05, 3.63) is 138 Å². The summed E-state index contributed by atoms with van der Waals surface area (Å²) in [6.07, 6.45) is 2.38. The summed E-state index contributed by atoms with van der Waals surface area (Å²) in [5.41, 5.74) is 15.6. The molecule has 0 unspecified atom stereocenters. The van der Waals surface area contributed by atoms with E-state index in [-0.39, 0.29) is 10.8 Å². The molecule has 0 atom stereocenters. The van der Waals surface area contributed by atoms with Gasteiger partial charge in [-0.05, 0) is 118 Å². The highest BCUT2D eigenvalue weighted by Crippen LogP contribution is 2.54. The zero-order valence-corrected chi connectivity index (χ0v) is 34.2. The standard InChI is InChI=1S/C49H40BN2S3/c1-28-23-32-33(49(4,5)22-21-48(32,2)3)25-36(28)52-37-27-44-43(54-40-18-10-11-19-41(40)55-44)26-34(37)50-46-38(52)24-29-13-6-7-14-30(29)45(46)31-15-12-20-42-47(31)51-35-16-8-9-17-39(35)53-42/h6-20,23-27,51H,21-22H2,1-5H3. The molecule has 0 saturated heterocycles. The molecule has 7 aromatic carbocycles. The lowest BCUT2D eigenvalue weighted by Gasteiger charge is -2.44. The molecule has 3 heterocycles. The highest BCUT2D eigenvalue weighted by atomic mass is 32.2. The summed E-state index contributed by atoms with van der Waals surface area (Å²) in [5.74, 6) is 0. The largest absolute Gasteiger partial charge is 0.353 e. The van der Waals surface area contributed by atoms with Crippen molar-refractivity contribution >= 4 is 92.7 Å². The first-order chi connectivity index (χ1) is 26.6. The fraction of sp³-hybridized carbons (Fsp3) is 0.184. The van der Waals surface area contributed by atoms with Gasteiger partial charge in [0.2, 0.25) is 0 Å². The molecule has 0 bridgehead atoms. The molecule has 7 aromatic rings. The van der Waals surface area contributed by atoms with Crippen molar-refractivity contribution in [2.45, 2.75) is 87.7 Å². The minimum Gasteiger partial charge on any atom is -0.353 e. The summed E-state index contributed by atoms with van der Waals surface area (Å²) in [4.78, 5) is 10.4. The average Bonchev–Trinajstić information content (AvgIpc) is 3.18. The van der Waals surface area contributed by atoms with E-state index >= 15 is 0 Å². The Hall–Kier alpha value is -4.49. The monoisotopic (exact) mass is 763 g/mol. The summed E-state index contributed by atoms with van der Waals surface area (Å²) < 4.78 is 0. The van der Waals surface area contributed by atoms with E-state index in [0.29, 0.717) is 0 Å². The van der Waals surface area contributed by atoms with E-state index in [1.807, 2.05) is 35.3 Å². The van der Waals surface area contributed by atoms with Crippen LogP contribution in [0.25, 0.3) is 21.9 Å². The number of nitrogens with zero attached hydrogens (tertiary/aromatic N) is 1. The predicted molar refractivity (Wildman–Crippen MR) is 238 cm³/mol. The Labute approximate surface area is 337 Å². The van der Waals surface area contributed by atoms with Crippen molar-refractivity contribution in [3.63, 3.8) is 0 Å². The van der Waals surface area contributed by atoms with E-state index in [2.05, 4.69) is 173 Å². The normalized spacial score (nSPS) is 16.6. The molecule has 2 nitrogen and oxygen atoms in total. The second-order valence-corrected chi connectivity index (χ2v) is 20.0. The molecule has 1 aliphatic carbocycles. The van der Waals surface area contributed by atoms with Gasteiger partial charge in [0.15, 0.2) is 7.28 Å². The summed E-state index contributed by atoms with van der Waals surface area (Å²) in [5, 5.41) is 6.41. The van der Waals surface area contributed by atoms with Crippen molar-refractivity contribution in [2.75, 3.05) is 10.2 Å². The van der Waals surface area contributed by atoms with E-state index in [0.717, 1.165) is 5.69 Å². The maximum atomic E-state index is 3.90. The first-order valence-corrected chi connectivity index (χ1v) is 21.7. The second-order valence-electron chi connectivity index (χ2n) is 16.7. The Morgan fingerprint density at radius 2 is 1.22 bits per heavy atom. The van der Waals surface area contributed by atoms with Crippen LogP contribution in [0.5, 0.6) is 0 Å². The number of benzene rings is 7. The molecule has 0 saturated carbocycles. The van der Waals surface area contributed by atoms with Crippen LogP contribution in [-0.4, -0.2) is 7.28 Å². The lowest BCUT2D eigenvalue weighted by Crippen LogP contribution is -2.42. The lowest BCUT2D eigenvalue weighted by atomic mass is 9.57. The van der Waals surface area contributed by atoms with Crippen molar-refractivity contribution in [2.24, 2.45) is 0 Å². The number of hydrogen-bond donors (Lipinski definition) is 1. The number of rotatable bonds is 2. The number of fused-ring (bicyclic) bond motifs is 8. The van der Waals surface area contributed by atoms with Crippen LogP contribution in [0.15, 0.2) is 151 Å². The van der Waals surface area contributed by atoms with Gasteiger partial charge in [-0.1, -0.05) is 141 Å². The van der Waals surface area contributed by atoms with Crippen LogP contribution >= 0.6 is 35.3 Å². The number of hydrogen-bond acceptors (Lipinski definition) is 5. The van der Waals surface area contributed by atoms with E-state index < -0.39 is 0 Å². The van der Waals surface area contributed by atoms with Crippen LogP contribution in [0.4, 0.5) is 28.4 Å². The molecule has 1 N–H and O–H groups in total. The van der Waals surface area contributed by atoms with Crippen molar-refractivity contribution < 1.29 is 0 Å². The summed E-state index contributed by atoms with van der Waals surface area (Å²) >= 11 is 5.66. The van der Waals surface area contributed by atoms with Gasteiger partial charge in [-0.25, -0.2) is 0 Å². The molecule has 6 heteroatoms. The van der Waals surface area contributed by atoms with Gasteiger partial charge >= 0.3 is 0 Å². The highest BCUT2D eigenvalue weighted by Gasteiger charge is 2.39. The van der Waals surface area contributed by atoms with Gasteiger partial charge in [0.05, 0.1) is 11.4 Å². The van der Waals surface area contributed by atoms with Crippen molar-refractivity contribution in [1.82, 2.24) is 0 Å². The van der Waals surface area contributed by atoms with E-state index in [1.54, 1.807) is 0 Å². The third-order valence-electron chi connectivity index (χ3n) is 12.3. The quantitative estimate of drug-likeness (QED) is 0.176. The fourth-order valence-electron chi connectivity index (χ4n) is 9.22. The third kappa shape index (κ3) is 5.28. The average molecular weight is 764 g/mol. The number of anilines is 5. The van der Waals surface area contributed by atoms with E-state index in [9.17, 15) is 0 Å². The zero-order chi connectivity index (χ0) is 37.2. The maximum absolute atomic E-state index is 3.90. The SMILES string of the molecule is Cc1cc2c(cc1N1c3cc4c(cc3[B]c3c1cc1ccccc1c3-c1cccc3c1Nc1ccccc1S3)Sc1ccccc1S4)C(C)(C)CCC2(C)C. The second kappa shape index (κ2) is 12.3. The Bertz CT molecular complexity index is 2790. The fourth-order valence-corrected chi connectivity index (χ4v) is 12.5. The molecule has 0 aromatic heterocycles. The molecular formula is C49H40BN2S3. The molecule has 0 amide bonds. The highest BCUT2D eigenvalue weighted by molar-refractivity contribution is 8.05. The molecule has 55 heavy (non-hydrogen) atoms. The van der Waals surface area contributed by atoms with E-state index in [4.69, 9.17) is 0 Å². The Kier molecular flexibility index (Phi) is 7.54. The smallest absolute Gasteiger partial charge is 0.197 e. The van der Waals surface area contributed by atoms with Gasteiger partial charge in [-0.3, -0.25) is 0 Å². The number of nitrogens with one attached hydrogen (secondary N) is 1. The molecule has 1 radical (unpaired) electrons. The topological polar surface area (TPSA) is 15.3 Å². The van der Waals surface area contributed by atoms with Crippen LogP contribution in [0.2, 0.25) is 0 Å². The summed E-state index contributed by atoms with van der Waals surface area (Å²) in [6.45, 7) is 12.1. The van der Waals surface area contributed by atoms with Crippen LogP contribution < -0.4 is 21.1 Å². The van der Waals surface area contributed by atoms with Gasteiger partial charge in [0, 0.05) is 52.0 Å². The molecule has 4 aliphatic rings. The first kappa shape index (κ1) is 33.8. The number of aryl methyl sites for hydroxylation is 1. The molecule has 3 aliphatic heterocycles. The van der Waals surface area contributed by atoms with Gasteiger partial charge in [-0.15, -0.1) is 0 Å². The molecule has 0 fully saturated rings. The molecule has 267 valence electrons. The molecule has 0 spiro atoms. The summed E-state index contributed by atoms with van der Waals surface area (Å²) in [6, 6.07) is 45.8. The zero-order valence-electron chi connectivity index (χ0n) is 31.7. The van der Waals surface area contributed by atoms with Crippen LogP contribution in [0, 0.1) is 6.92 Å². The van der Waals surface area contributed by atoms with Crippen molar-refractivity contribution in [3.8, 4) is 11.1 Å². The lowest BCUT2D eigenvalue weighted by molar-refractivity contribution is 0.332. The Morgan fingerprint density at radius 3 is 2.00 bits per heavy atom. The van der Waals surface area contributed by atoms with Gasteiger partial charge in [0.25, 0.3) is 0 Å². The first-order valence-electron chi connectivity index (χ1n) is 19.3. The maximum Gasteiger partial charge on any atom is 0.197 e. The van der Waals surface area contributed by atoms with Gasteiger partial charge in [-0.2, -0.15) is 0 Å². The molecule has 11 rings (SSSR count). The van der Waals surface area contributed by atoms with Crippen LogP contribution in [0.3, 0.4) is 0 Å². The predicted octanol–water partition coefficient (Wildman–Crippen LogP) is 13.4. The van der Waals surface area contributed by atoms with Crippen LogP contribution in [-0.2, 0) is 10.8 Å². The van der Waals surface area contributed by atoms with Gasteiger partial charge in [0.1, 0.15) is 0 Å². The molecular weight excluding hydrogens is 724 g/mol. The Morgan fingerprint density at radius 1 is 0.582 bits per heavy atom. The van der Waals surface area contributed by atoms with E-state index in [1.165, 1.54) is 114 Å². The van der Waals surface area contributed by atoms with Gasteiger partial charge < -0.3 is 10.2 Å². The van der Waals surface area contributed by atoms with Crippen molar-refractivity contribution in [1.29, 1.82) is 0 Å². The Balaban J connectivity index is 1.20. The minimum atomic E-state index is 0.0875. The summed E-state index contributed by atoms with van der Waals surface area (Å²) in [7, 11) is 2.49. The number of para-hydroxylation sites is 2. The minimum absolute atomic E-state index is 0.0875. The third-order valence-corrected chi connectivity index (χ3v) is 16.0.